The van der Waals surface area contributed by atoms with Crippen molar-refractivity contribution in [2.24, 2.45) is 0 Å². The van der Waals surface area contributed by atoms with Gasteiger partial charge < -0.3 is 5.32 Å². The maximum absolute atomic E-state index is 13.9. The molecule has 0 amide bonds. The lowest BCUT2D eigenvalue weighted by molar-refractivity contribution is 0.264. The summed E-state index contributed by atoms with van der Waals surface area (Å²) < 4.78 is 13.9. The molecule has 0 saturated carbocycles. The van der Waals surface area contributed by atoms with Gasteiger partial charge in [0, 0.05) is 22.5 Å². The fourth-order valence-corrected chi connectivity index (χ4v) is 2.46. The number of halogens is 3. The molecule has 2 atom stereocenters. The van der Waals surface area contributed by atoms with E-state index in [1.54, 1.807) is 18.2 Å². The molecule has 16 heavy (non-hydrogen) atoms. The lowest BCUT2D eigenvalue weighted by Gasteiger charge is -2.16. The third kappa shape index (κ3) is 2.88. The van der Waals surface area contributed by atoms with E-state index in [1.807, 2.05) is 0 Å². The molecule has 1 heterocycles. The highest BCUT2D eigenvalue weighted by atomic mass is 35.5. The average molecular weight is 262 g/mol. The Morgan fingerprint density at radius 3 is 2.94 bits per heavy atom. The van der Waals surface area contributed by atoms with Crippen LogP contribution >= 0.6 is 23.2 Å². The summed E-state index contributed by atoms with van der Waals surface area (Å²) in [5.41, 5.74) is 0.787. The van der Waals surface area contributed by atoms with E-state index < -0.39 is 6.17 Å². The predicted molar refractivity (Wildman–Crippen MR) is 66.1 cm³/mol. The van der Waals surface area contributed by atoms with Gasteiger partial charge in [-0.25, -0.2) is 4.39 Å². The summed E-state index contributed by atoms with van der Waals surface area (Å²) in [4.78, 5) is 0. The van der Waals surface area contributed by atoms with Crippen molar-refractivity contribution in [3.8, 4) is 0 Å². The zero-order valence-electron chi connectivity index (χ0n) is 8.85. The van der Waals surface area contributed by atoms with Gasteiger partial charge in [-0.2, -0.15) is 0 Å². The van der Waals surface area contributed by atoms with E-state index in [9.17, 15) is 4.39 Å². The van der Waals surface area contributed by atoms with Crippen molar-refractivity contribution >= 4 is 23.2 Å². The Labute approximate surface area is 105 Å². The molecule has 1 aromatic carbocycles. The Bertz CT molecular complexity index is 364. The molecule has 0 aliphatic carbocycles. The average Bonchev–Trinajstić information content (AvgIpc) is 2.76. The molecule has 88 valence electrons. The Kier molecular flexibility index (Phi) is 4.06. The number of nitrogens with one attached hydrogen (secondary N) is 1. The van der Waals surface area contributed by atoms with Crippen LogP contribution in [0.3, 0.4) is 0 Å². The maximum atomic E-state index is 13.9. The summed E-state index contributed by atoms with van der Waals surface area (Å²) in [6.45, 7) is 0.911. The van der Waals surface area contributed by atoms with Crippen LogP contribution in [0.5, 0.6) is 0 Å². The highest BCUT2D eigenvalue weighted by Crippen LogP contribution is 2.24. The largest absolute Gasteiger partial charge is 0.311 e. The van der Waals surface area contributed by atoms with E-state index in [4.69, 9.17) is 23.2 Å². The molecule has 1 nitrogen and oxygen atoms in total. The molecule has 1 aliphatic rings. The number of benzene rings is 1. The molecular formula is C12H14Cl2FN. The van der Waals surface area contributed by atoms with Crippen molar-refractivity contribution in [1.82, 2.24) is 5.32 Å². The summed E-state index contributed by atoms with van der Waals surface area (Å²) in [7, 11) is 0. The standard InChI is InChI=1S/C12H14Cl2FN/c13-9-3-4-10(14)8(6-9)7-11(15)12-2-1-5-16-12/h3-4,6,11-12,16H,1-2,5,7H2. The second kappa shape index (κ2) is 5.35. The van der Waals surface area contributed by atoms with E-state index in [0.717, 1.165) is 24.9 Å². The molecule has 1 N–H and O–H groups in total. The number of hydrogen-bond acceptors (Lipinski definition) is 1. The van der Waals surface area contributed by atoms with E-state index >= 15 is 0 Å². The van der Waals surface area contributed by atoms with Crippen LogP contribution < -0.4 is 5.32 Å². The van der Waals surface area contributed by atoms with Crippen LogP contribution in [0.1, 0.15) is 18.4 Å². The Hall–Kier alpha value is -0.310. The minimum absolute atomic E-state index is 0.0324. The van der Waals surface area contributed by atoms with Crippen molar-refractivity contribution in [2.75, 3.05) is 6.54 Å². The minimum Gasteiger partial charge on any atom is -0.311 e. The van der Waals surface area contributed by atoms with Crippen LogP contribution in [-0.2, 0) is 6.42 Å². The molecule has 1 aromatic rings. The summed E-state index contributed by atoms with van der Waals surface area (Å²) >= 11 is 11.9. The molecule has 0 aromatic heterocycles. The van der Waals surface area contributed by atoms with E-state index in [2.05, 4.69) is 5.32 Å². The fraction of sp³-hybridized carbons (Fsp3) is 0.500. The Morgan fingerprint density at radius 1 is 1.44 bits per heavy atom. The first kappa shape index (κ1) is 12.2. The third-order valence-corrected chi connectivity index (χ3v) is 3.56. The van der Waals surface area contributed by atoms with E-state index in [0.29, 0.717) is 16.5 Å². The van der Waals surface area contributed by atoms with Crippen LogP contribution in [0.4, 0.5) is 4.39 Å². The van der Waals surface area contributed by atoms with Gasteiger partial charge in [0.25, 0.3) is 0 Å². The van der Waals surface area contributed by atoms with Crippen LogP contribution in [0.2, 0.25) is 10.0 Å². The van der Waals surface area contributed by atoms with Crippen molar-refractivity contribution in [1.29, 1.82) is 0 Å². The van der Waals surface area contributed by atoms with Gasteiger partial charge in [-0.3, -0.25) is 0 Å². The summed E-state index contributed by atoms with van der Waals surface area (Å²) in [5.74, 6) is 0. The van der Waals surface area contributed by atoms with Crippen LogP contribution in [0.25, 0.3) is 0 Å². The Morgan fingerprint density at radius 2 is 2.25 bits per heavy atom. The maximum Gasteiger partial charge on any atom is 0.119 e. The van der Waals surface area contributed by atoms with Gasteiger partial charge in [0.1, 0.15) is 6.17 Å². The monoisotopic (exact) mass is 261 g/mol. The first-order valence-corrected chi connectivity index (χ1v) is 6.24. The van der Waals surface area contributed by atoms with Gasteiger partial charge in [-0.1, -0.05) is 23.2 Å². The molecule has 2 rings (SSSR count). The zero-order valence-corrected chi connectivity index (χ0v) is 10.4. The van der Waals surface area contributed by atoms with Crippen molar-refractivity contribution in [3.05, 3.63) is 33.8 Å². The number of rotatable bonds is 3. The quantitative estimate of drug-likeness (QED) is 0.877. The van der Waals surface area contributed by atoms with E-state index in [1.165, 1.54) is 0 Å². The normalized spacial score (nSPS) is 22.3. The second-order valence-corrected chi connectivity index (χ2v) is 5.00. The zero-order chi connectivity index (χ0) is 11.5. The summed E-state index contributed by atoms with van der Waals surface area (Å²) in [6.07, 6.45) is 1.39. The van der Waals surface area contributed by atoms with Crippen LogP contribution in [0, 0.1) is 0 Å². The molecule has 1 saturated heterocycles. The first-order chi connectivity index (χ1) is 7.66. The molecule has 4 heteroatoms. The van der Waals surface area contributed by atoms with Gasteiger partial charge in [0.05, 0.1) is 0 Å². The SMILES string of the molecule is FC(Cc1cc(Cl)ccc1Cl)C1CCCN1. The molecule has 0 spiro atoms. The summed E-state index contributed by atoms with van der Waals surface area (Å²) in [6, 6.07) is 5.14. The minimum atomic E-state index is -0.890. The topological polar surface area (TPSA) is 12.0 Å². The van der Waals surface area contributed by atoms with Crippen molar-refractivity contribution < 1.29 is 4.39 Å². The van der Waals surface area contributed by atoms with Gasteiger partial charge in [0.15, 0.2) is 0 Å². The third-order valence-electron chi connectivity index (χ3n) is 2.96. The highest BCUT2D eigenvalue weighted by molar-refractivity contribution is 6.33. The van der Waals surface area contributed by atoms with Crippen molar-refractivity contribution in [2.45, 2.75) is 31.5 Å². The highest BCUT2D eigenvalue weighted by Gasteiger charge is 2.24. The predicted octanol–water partition coefficient (Wildman–Crippen LogP) is 3.63. The number of alkyl halides is 1. The first-order valence-electron chi connectivity index (χ1n) is 5.48. The van der Waals surface area contributed by atoms with Gasteiger partial charge in [-0.05, 0) is 43.1 Å². The lowest BCUT2D eigenvalue weighted by Crippen LogP contribution is -2.33. The lowest BCUT2D eigenvalue weighted by atomic mass is 10.0. The van der Waals surface area contributed by atoms with Crippen molar-refractivity contribution in [3.63, 3.8) is 0 Å². The molecule has 2 unspecified atom stereocenters. The fourth-order valence-electron chi connectivity index (χ4n) is 2.07. The van der Waals surface area contributed by atoms with Gasteiger partial charge >= 0.3 is 0 Å². The molecular weight excluding hydrogens is 248 g/mol. The molecule has 1 fully saturated rings. The number of hydrogen-bond donors (Lipinski definition) is 1. The Balaban J connectivity index is 2.04. The molecule has 0 bridgehead atoms. The summed E-state index contributed by atoms with van der Waals surface area (Å²) in [5, 5.41) is 4.35. The van der Waals surface area contributed by atoms with Gasteiger partial charge in [-0.15, -0.1) is 0 Å². The van der Waals surface area contributed by atoms with E-state index in [-0.39, 0.29) is 6.04 Å². The second-order valence-electron chi connectivity index (χ2n) is 4.16. The molecule has 1 aliphatic heterocycles. The molecule has 0 radical (unpaired) electrons. The van der Waals surface area contributed by atoms with Crippen LogP contribution in [0.15, 0.2) is 18.2 Å². The smallest absolute Gasteiger partial charge is 0.119 e. The van der Waals surface area contributed by atoms with Crippen LogP contribution in [-0.4, -0.2) is 18.8 Å². The van der Waals surface area contributed by atoms with Gasteiger partial charge in [0.2, 0.25) is 0 Å².